The minimum Gasteiger partial charge on any atom is -0.329 e. The fourth-order valence-corrected chi connectivity index (χ4v) is 2.90. The molecule has 2 heteroatoms. The SMILES string of the molecule is CCCCCCCCCCCC\C=C/C=C\C=C/NC(=O)c1ccccc1. The molecule has 0 aliphatic rings. The molecule has 1 aromatic carbocycles. The number of nitrogens with one attached hydrogen (secondary N) is 1. The normalized spacial score (nSPS) is 11.7. The van der Waals surface area contributed by atoms with E-state index in [0.29, 0.717) is 5.56 Å². The molecule has 0 fully saturated rings. The molecule has 0 saturated carbocycles. The predicted octanol–water partition coefficient (Wildman–Crippen LogP) is 7.35. The lowest BCUT2D eigenvalue weighted by molar-refractivity contribution is 0.0970. The van der Waals surface area contributed by atoms with Crippen LogP contribution in [0.25, 0.3) is 0 Å². The van der Waals surface area contributed by atoms with Gasteiger partial charge in [0.25, 0.3) is 5.91 Å². The first-order valence-corrected chi connectivity index (χ1v) is 10.7. The molecule has 2 nitrogen and oxygen atoms in total. The Morgan fingerprint density at radius 1 is 0.778 bits per heavy atom. The van der Waals surface area contributed by atoms with E-state index in [4.69, 9.17) is 0 Å². The van der Waals surface area contributed by atoms with E-state index in [2.05, 4.69) is 24.4 Å². The van der Waals surface area contributed by atoms with E-state index in [1.807, 2.05) is 36.4 Å². The highest BCUT2D eigenvalue weighted by molar-refractivity contribution is 5.94. The Labute approximate surface area is 166 Å². The predicted molar refractivity (Wildman–Crippen MR) is 118 cm³/mol. The molecule has 1 N–H and O–H groups in total. The molecule has 1 aromatic rings. The summed E-state index contributed by atoms with van der Waals surface area (Å²) in [5.74, 6) is -0.0863. The van der Waals surface area contributed by atoms with Crippen molar-refractivity contribution in [2.45, 2.75) is 77.6 Å². The topological polar surface area (TPSA) is 29.1 Å². The maximum absolute atomic E-state index is 11.8. The third-order valence-corrected chi connectivity index (χ3v) is 4.54. The third kappa shape index (κ3) is 13.7. The van der Waals surface area contributed by atoms with Crippen LogP contribution in [0.4, 0.5) is 0 Å². The largest absolute Gasteiger partial charge is 0.329 e. The first-order chi connectivity index (χ1) is 13.3. The van der Waals surface area contributed by atoms with Crippen LogP contribution in [-0.2, 0) is 0 Å². The molecule has 148 valence electrons. The average molecular weight is 368 g/mol. The Morgan fingerprint density at radius 3 is 2.04 bits per heavy atom. The van der Waals surface area contributed by atoms with Crippen molar-refractivity contribution >= 4 is 5.91 Å². The molecule has 0 bridgehead atoms. The van der Waals surface area contributed by atoms with Crippen LogP contribution in [0, 0.1) is 0 Å². The van der Waals surface area contributed by atoms with Gasteiger partial charge in [0.2, 0.25) is 0 Å². The van der Waals surface area contributed by atoms with Crippen molar-refractivity contribution in [3.63, 3.8) is 0 Å². The second-order valence-electron chi connectivity index (χ2n) is 6.98. The van der Waals surface area contributed by atoms with Crippen LogP contribution in [0.15, 0.2) is 66.9 Å². The summed E-state index contributed by atoms with van der Waals surface area (Å²) in [4.78, 5) is 11.8. The summed E-state index contributed by atoms with van der Waals surface area (Å²) in [6.45, 7) is 2.27. The van der Waals surface area contributed by atoms with Crippen LogP contribution in [0.5, 0.6) is 0 Å². The fraction of sp³-hybridized carbons (Fsp3) is 0.480. The molecular weight excluding hydrogens is 330 g/mol. The second-order valence-corrected chi connectivity index (χ2v) is 6.98. The van der Waals surface area contributed by atoms with E-state index in [0.717, 1.165) is 6.42 Å². The van der Waals surface area contributed by atoms with Crippen LogP contribution in [0.2, 0.25) is 0 Å². The molecule has 0 radical (unpaired) electrons. The van der Waals surface area contributed by atoms with Gasteiger partial charge in [-0.3, -0.25) is 4.79 Å². The number of hydrogen-bond acceptors (Lipinski definition) is 1. The van der Waals surface area contributed by atoms with Crippen LogP contribution < -0.4 is 5.32 Å². The Kier molecular flexibility index (Phi) is 14.7. The molecule has 0 atom stereocenters. The van der Waals surface area contributed by atoms with Gasteiger partial charge in [-0.2, -0.15) is 0 Å². The van der Waals surface area contributed by atoms with Gasteiger partial charge in [-0.1, -0.05) is 107 Å². The average Bonchev–Trinajstić information content (AvgIpc) is 2.70. The summed E-state index contributed by atoms with van der Waals surface area (Å²) < 4.78 is 0. The van der Waals surface area contributed by atoms with Crippen molar-refractivity contribution in [2.75, 3.05) is 0 Å². The zero-order valence-corrected chi connectivity index (χ0v) is 17.0. The number of allylic oxidation sites excluding steroid dienone is 5. The van der Waals surface area contributed by atoms with Gasteiger partial charge in [-0.05, 0) is 31.1 Å². The molecule has 0 saturated heterocycles. The van der Waals surface area contributed by atoms with Crippen molar-refractivity contribution in [3.8, 4) is 0 Å². The first kappa shape index (κ1) is 23.0. The molecular formula is C25H37NO. The fourth-order valence-electron chi connectivity index (χ4n) is 2.90. The summed E-state index contributed by atoms with van der Waals surface area (Å²) in [7, 11) is 0. The Morgan fingerprint density at radius 2 is 1.37 bits per heavy atom. The lowest BCUT2D eigenvalue weighted by Gasteiger charge is -2.01. The highest BCUT2D eigenvalue weighted by Crippen LogP contribution is 2.11. The number of hydrogen-bond donors (Lipinski definition) is 1. The summed E-state index contributed by atoms with van der Waals surface area (Å²) >= 11 is 0. The molecule has 0 spiro atoms. The minimum atomic E-state index is -0.0863. The molecule has 27 heavy (non-hydrogen) atoms. The Hall–Kier alpha value is -2.09. The molecule has 0 aromatic heterocycles. The lowest BCUT2D eigenvalue weighted by atomic mass is 10.1. The van der Waals surface area contributed by atoms with Gasteiger partial charge < -0.3 is 5.32 Å². The van der Waals surface area contributed by atoms with Crippen LogP contribution in [0.3, 0.4) is 0 Å². The highest BCUT2D eigenvalue weighted by Gasteiger charge is 1.99. The Bertz CT molecular complexity index is 557. The van der Waals surface area contributed by atoms with E-state index in [1.54, 1.807) is 18.3 Å². The first-order valence-electron chi connectivity index (χ1n) is 10.7. The minimum absolute atomic E-state index is 0.0863. The van der Waals surface area contributed by atoms with Gasteiger partial charge in [0.1, 0.15) is 0 Å². The van der Waals surface area contributed by atoms with Gasteiger partial charge in [0.15, 0.2) is 0 Å². The number of amides is 1. The van der Waals surface area contributed by atoms with Crippen LogP contribution in [-0.4, -0.2) is 5.91 Å². The maximum atomic E-state index is 11.8. The molecule has 0 heterocycles. The molecule has 1 amide bonds. The monoisotopic (exact) mass is 367 g/mol. The molecule has 0 aliphatic heterocycles. The smallest absolute Gasteiger partial charge is 0.255 e. The van der Waals surface area contributed by atoms with Crippen molar-refractivity contribution < 1.29 is 4.79 Å². The molecule has 1 rings (SSSR count). The standard InChI is InChI=1S/C25H37NO/c1-2-3-4-5-6-7-8-9-10-11-12-13-14-15-16-20-23-26-25(27)24-21-18-17-19-22-24/h13-23H,2-12H2,1H3,(H,26,27)/b14-13-,16-15-,23-20-. The van der Waals surface area contributed by atoms with E-state index in [1.165, 1.54) is 64.2 Å². The lowest BCUT2D eigenvalue weighted by Crippen LogP contribution is -2.16. The van der Waals surface area contributed by atoms with Gasteiger partial charge in [-0.25, -0.2) is 0 Å². The van der Waals surface area contributed by atoms with E-state index in [-0.39, 0.29) is 5.91 Å². The van der Waals surface area contributed by atoms with Gasteiger partial charge >= 0.3 is 0 Å². The summed E-state index contributed by atoms with van der Waals surface area (Å²) in [5.41, 5.74) is 0.669. The number of rotatable bonds is 15. The van der Waals surface area contributed by atoms with Crippen LogP contribution in [0.1, 0.15) is 87.9 Å². The van der Waals surface area contributed by atoms with E-state index >= 15 is 0 Å². The molecule has 0 unspecified atom stereocenters. The zero-order valence-electron chi connectivity index (χ0n) is 17.0. The number of benzene rings is 1. The van der Waals surface area contributed by atoms with Gasteiger partial charge in [-0.15, -0.1) is 0 Å². The number of carbonyl (C=O) groups excluding carboxylic acids is 1. The number of carbonyl (C=O) groups is 1. The van der Waals surface area contributed by atoms with Crippen molar-refractivity contribution in [1.29, 1.82) is 0 Å². The third-order valence-electron chi connectivity index (χ3n) is 4.54. The highest BCUT2D eigenvalue weighted by atomic mass is 16.1. The number of unbranched alkanes of at least 4 members (excludes halogenated alkanes) is 10. The maximum Gasteiger partial charge on any atom is 0.255 e. The van der Waals surface area contributed by atoms with Crippen molar-refractivity contribution in [1.82, 2.24) is 5.32 Å². The van der Waals surface area contributed by atoms with Gasteiger partial charge in [0, 0.05) is 11.8 Å². The van der Waals surface area contributed by atoms with E-state index < -0.39 is 0 Å². The quantitative estimate of drug-likeness (QED) is 0.255. The zero-order chi connectivity index (χ0) is 19.4. The Balaban J connectivity index is 1.94. The molecule has 0 aliphatic carbocycles. The van der Waals surface area contributed by atoms with E-state index in [9.17, 15) is 4.79 Å². The second kappa shape index (κ2) is 17.3. The van der Waals surface area contributed by atoms with Crippen LogP contribution >= 0.6 is 0 Å². The van der Waals surface area contributed by atoms with Crippen molar-refractivity contribution in [3.05, 3.63) is 72.5 Å². The summed E-state index contributed by atoms with van der Waals surface area (Å²) in [6.07, 6.45) is 26.7. The summed E-state index contributed by atoms with van der Waals surface area (Å²) in [5, 5.41) is 2.75. The van der Waals surface area contributed by atoms with Crippen molar-refractivity contribution in [2.24, 2.45) is 0 Å². The van der Waals surface area contributed by atoms with Gasteiger partial charge in [0.05, 0.1) is 0 Å². The summed E-state index contributed by atoms with van der Waals surface area (Å²) in [6, 6.07) is 9.22.